The zero-order valence-electron chi connectivity index (χ0n) is 13.2. The molecule has 2 aliphatic carbocycles. The zero-order chi connectivity index (χ0) is 14.3. The normalized spacial score (nSPS) is 30.2. The van der Waals surface area contributed by atoms with E-state index in [-0.39, 0.29) is 0 Å². The lowest BCUT2D eigenvalue weighted by Gasteiger charge is -2.47. The second kappa shape index (κ2) is 4.96. The van der Waals surface area contributed by atoms with Gasteiger partial charge in [-0.05, 0) is 62.2 Å². The van der Waals surface area contributed by atoms with Crippen molar-refractivity contribution in [3.05, 3.63) is 11.1 Å². The van der Waals surface area contributed by atoms with E-state index in [1.54, 1.807) is 11.1 Å². The van der Waals surface area contributed by atoms with Gasteiger partial charge in [-0.1, -0.05) is 44.0 Å². The molecule has 0 radical (unpaired) electrons. The Balaban J connectivity index is 2.27. The van der Waals surface area contributed by atoms with Gasteiger partial charge >= 0.3 is 0 Å². The topological polar surface area (TPSA) is 32.6 Å². The lowest BCUT2D eigenvalue weighted by molar-refractivity contribution is 0.165. The van der Waals surface area contributed by atoms with E-state index in [9.17, 15) is 0 Å². The molecule has 0 saturated carbocycles. The summed E-state index contributed by atoms with van der Waals surface area (Å²) in [6.45, 7) is 11.5. The van der Waals surface area contributed by atoms with Gasteiger partial charge < -0.3 is 5.21 Å². The predicted molar refractivity (Wildman–Crippen MR) is 80.7 cm³/mol. The van der Waals surface area contributed by atoms with Crippen LogP contribution in [0.25, 0.3) is 0 Å². The summed E-state index contributed by atoms with van der Waals surface area (Å²) in [5.74, 6) is 0.621. The summed E-state index contributed by atoms with van der Waals surface area (Å²) < 4.78 is 0. The van der Waals surface area contributed by atoms with Crippen LogP contribution < -0.4 is 0 Å². The highest BCUT2D eigenvalue weighted by Crippen LogP contribution is 2.54. The maximum atomic E-state index is 8.93. The van der Waals surface area contributed by atoms with Gasteiger partial charge in [-0.3, -0.25) is 0 Å². The molecule has 0 heterocycles. The first-order chi connectivity index (χ1) is 8.76. The third-order valence-electron chi connectivity index (χ3n) is 5.47. The van der Waals surface area contributed by atoms with Crippen LogP contribution in [0.4, 0.5) is 0 Å². The summed E-state index contributed by atoms with van der Waals surface area (Å²) in [6, 6.07) is 0. The van der Waals surface area contributed by atoms with Crippen molar-refractivity contribution in [1.82, 2.24) is 0 Å². The van der Waals surface area contributed by atoms with Gasteiger partial charge in [0.15, 0.2) is 0 Å². The van der Waals surface area contributed by atoms with Crippen molar-refractivity contribution in [2.75, 3.05) is 0 Å². The Morgan fingerprint density at radius 1 is 1.32 bits per heavy atom. The first-order valence-electron chi connectivity index (χ1n) is 7.65. The average molecular weight is 263 g/mol. The van der Waals surface area contributed by atoms with Crippen LogP contribution in [0, 0.1) is 16.7 Å². The van der Waals surface area contributed by atoms with Crippen LogP contribution in [-0.2, 0) is 0 Å². The highest BCUT2D eigenvalue weighted by Gasteiger charge is 2.41. The van der Waals surface area contributed by atoms with E-state index < -0.39 is 0 Å². The van der Waals surface area contributed by atoms with Gasteiger partial charge in [0.1, 0.15) is 0 Å². The molecule has 1 unspecified atom stereocenters. The number of oxime groups is 1. The number of hydrogen-bond acceptors (Lipinski definition) is 2. The largest absolute Gasteiger partial charge is 0.411 e. The molecule has 0 fully saturated rings. The maximum Gasteiger partial charge on any atom is 0.0543 e. The molecule has 108 valence electrons. The van der Waals surface area contributed by atoms with E-state index in [2.05, 4.69) is 32.9 Å². The molecule has 2 heteroatoms. The predicted octanol–water partition coefficient (Wildman–Crippen LogP) is 5.17. The molecule has 0 saturated heterocycles. The molecule has 0 aromatic carbocycles. The van der Waals surface area contributed by atoms with Gasteiger partial charge in [-0.25, -0.2) is 0 Å². The SMILES string of the molecule is C/C(CC1CC2=C(CC1(C)C)C(C)(C)CCC2)=N/O. The number of hydrogen-bond donors (Lipinski definition) is 1. The van der Waals surface area contributed by atoms with Gasteiger partial charge in [0.2, 0.25) is 0 Å². The molecular weight excluding hydrogens is 234 g/mol. The molecule has 1 atom stereocenters. The van der Waals surface area contributed by atoms with E-state index in [1.807, 2.05) is 6.92 Å². The van der Waals surface area contributed by atoms with Crippen molar-refractivity contribution in [3.8, 4) is 0 Å². The van der Waals surface area contributed by atoms with Crippen LogP contribution in [-0.4, -0.2) is 10.9 Å². The molecule has 2 rings (SSSR count). The minimum Gasteiger partial charge on any atom is -0.411 e. The highest BCUT2D eigenvalue weighted by molar-refractivity contribution is 5.81. The molecule has 0 bridgehead atoms. The fraction of sp³-hybridized carbons (Fsp3) is 0.824. The Kier molecular flexibility index (Phi) is 3.81. The number of nitrogens with zero attached hydrogens (tertiary/aromatic N) is 1. The minimum absolute atomic E-state index is 0.319. The third-order valence-corrected chi connectivity index (χ3v) is 5.47. The molecule has 0 aliphatic heterocycles. The van der Waals surface area contributed by atoms with Crippen molar-refractivity contribution < 1.29 is 5.21 Å². The van der Waals surface area contributed by atoms with E-state index in [0.29, 0.717) is 16.7 Å². The lowest BCUT2D eigenvalue weighted by Crippen LogP contribution is -2.36. The van der Waals surface area contributed by atoms with Crippen molar-refractivity contribution in [1.29, 1.82) is 0 Å². The fourth-order valence-corrected chi connectivity index (χ4v) is 4.03. The van der Waals surface area contributed by atoms with Gasteiger partial charge in [0.25, 0.3) is 0 Å². The summed E-state index contributed by atoms with van der Waals surface area (Å²) in [6.07, 6.45) is 7.33. The standard InChI is InChI=1S/C17H29NO/c1-12(18-19)9-14-10-13-7-6-8-16(2,3)15(13)11-17(14,4)5/h14,19H,6-11H2,1-5H3/b18-12-. The summed E-state index contributed by atoms with van der Waals surface area (Å²) in [4.78, 5) is 0. The van der Waals surface area contributed by atoms with Crippen LogP contribution in [0.1, 0.15) is 73.1 Å². The van der Waals surface area contributed by atoms with Crippen LogP contribution >= 0.6 is 0 Å². The molecular formula is C17H29NO. The van der Waals surface area contributed by atoms with Crippen molar-refractivity contribution in [2.45, 2.75) is 73.1 Å². The van der Waals surface area contributed by atoms with Crippen LogP contribution in [0.3, 0.4) is 0 Å². The smallest absolute Gasteiger partial charge is 0.0543 e. The Morgan fingerprint density at radius 2 is 2.00 bits per heavy atom. The quantitative estimate of drug-likeness (QED) is 0.317. The first-order valence-corrected chi connectivity index (χ1v) is 7.65. The Bertz CT molecular complexity index is 415. The zero-order valence-corrected chi connectivity index (χ0v) is 13.2. The van der Waals surface area contributed by atoms with Crippen LogP contribution in [0.2, 0.25) is 0 Å². The van der Waals surface area contributed by atoms with E-state index in [0.717, 1.165) is 12.1 Å². The molecule has 0 spiro atoms. The second-order valence-corrected chi connectivity index (χ2v) is 7.93. The Labute approximate surface area is 118 Å². The monoisotopic (exact) mass is 263 g/mol. The van der Waals surface area contributed by atoms with E-state index in [1.165, 1.54) is 32.1 Å². The van der Waals surface area contributed by atoms with Crippen LogP contribution in [0.5, 0.6) is 0 Å². The van der Waals surface area contributed by atoms with Gasteiger partial charge in [-0.15, -0.1) is 0 Å². The highest BCUT2D eigenvalue weighted by atomic mass is 16.4. The summed E-state index contributed by atoms with van der Waals surface area (Å²) >= 11 is 0. The Morgan fingerprint density at radius 3 is 2.63 bits per heavy atom. The lowest BCUT2D eigenvalue weighted by atomic mass is 9.58. The number of rotatable bonds is 2. The molecule has 0 amide bonds. The molecule has 2 nitrogen and oxygen atoms in total. The van der Waals surface area contributed by atoms with Crippen molar-refractivity contribution >= 4 is 5.71 Å². The molecule has 0 aromatic rings. The van der Waals surface area contributed by atoms with Gasteiger partial charge in [0, 0.05) is 0 Å². The molecule has 2 aliphatic rings. The fourth-order valence-electron chi connectivity index (χ4n) is 4.03. The van der Waals surface area contributed by atoms with E-state index >= 15 is 0 Å². The second-order valence-electron chi connectivity index (χ2n) is 7.93. The van der Waals surface area contributed by atoms with Gasteiger partial charge in [0.05, 0.1) is 5.71 Å². The molecule has 0 aromatic heterocycles. The van der Waals surface area contributed by atoms with Crippen molar-refractivity contribution in [2.24, 2.45) is 21.9 Å². The number of allylic oxidation sites excluding steroid dienone is 2. The Hall–Kier alpha value is -0.790. The summed E-state index contributed by atoms with van der Waals surface area (Å²) in [5.41, 5.74) is 5.04. The average Bonchev–Trinajstić information content (AvgIpc) is 2.31. The minimum atomic E-state index is 0.319. The van der Waals surface area contributed by atoms with Gasteiger partial charge in [-0.2, -0.15) is 0 Å². The molecule has 19 heavy (non-hydrogen) atoms. The van der Waals surface area contributed by atoms with Crippen LogP contribution in [0.15, 0.2) is 16.3 Å². The van der Waals surface area contributed by atoms with Crippen molar-refractivity contribution in [3.63, 3.8) is 0 Å². The first kappa shape index (κ1) is 14.6. The maximum absolute atomic E-state index is 8.93. The third kappa shape index (κ3) is 2.88. The summed E-state index contributed by atoms with van der Waals surface area (Å²) in [7, 11) is 0. The van der Waals surface area contributed by atoms with E-state index in [4.69, 9.17) is 5.21 Å². The molecule has 1 N–H and O–H groups in total. The summed E-state index contributed by atoms with van der Waals surface area (Å²) in [5, 5.41) is 12.3.